The van der Waals surface area contributed by atoms with E-state index in [4.69, 9.17) is 16.3 Å². The molecule has 0 saturated heterocycles. The van der Waals surface area contributed by atoms with Gasteiger partial charge < -0.3 is 4.74 Å². The smallest absolute Gasteiger partial charge is 0.272 e. The predicted molar refractivity (Wildman–Crippen MR) is 122 cm³/mol. The van der Waals surface area contributed by atoms with Gasteiger partial charge in [-0.3, -0.25) is 9.59 Å². The van der Waals surface area contributed by atoms with Crippen LogP contribution >= 0.6 is 23.4 Å². The van der Waals surface area contributed by atoms with Crippen molar-refractivity contribution in [1.82, 2.24) is 0 Å². The number of methoxy groups -OCH3 is 1. The third-order valence-electron chi connectivity index (χ3n) is 4.71. The summed E-state index contributed by atoms with van der Waals surface area (Å²) in [6.07, 6.45) is 0. The van der Waals surface area contributed by atoms with Gasteiger partial charge in [-0.05, 0) is 29.8 Å². The molecule has 30 heavy (non-hydrogen) atoms. The van der Waals surface area contributed by atoms with Crippen LogP contribution in [0.3, 0.4) is 0 Å². The summed E-state index contributed by atoms with van der Waals surface area (Å²) in [5.74, 6) is 0.364. The largest absolute Gasteiger partial charge is 0.496 e. The number of nitrogens with zero attached hydrogens (tertiary/aromatic N) is 1. The Morgan fingerprint density at radius 2 is 1.63 bits per heavy atom. The zero-order valence-electron chi connectivity index (χ0n) is 16.2. The molecular weight excluding hydrogens is 418 g/mol. The van der Waals surface area contributed by atoms with Crippen LogP contribution in [-0.4, -0.2) is 18.9 Å². The van der Waals surface area contributed by atoms with Crippen LogP contribution in [0.4, 0.5) is 5.69 Å². The molecule has 0 atom stereocenters. The Balaban J connectivity index is 1.79. The minimum Gasteiger partial charge on any atom is -0.496 e. The summed E-state index contributed by atoms with van der Waals surface area (Å²) < 4.78 is 5.47. The maximum atomic E-state index is 13.5. The highest BCUT2D eigenvalue weighted by Crippen LogP contribution is 2.42. The number of halogens is 1. The molecule has 3 aromatic carbocycles. The van der Waals surface area contributed by atoms with Crippen molar-refractivity contribution in [2.75, 3.05) is 12.0 Å². The lowest BCUT2D eigenvalue weighted by molar-refractivity contribution is -0.119. The van der Waals surface area contributed by atoms with E-state index < -0.39 is 0 Å². The first-order chi connectivity index (χ1) is 14.6. The molecule has 0 unspecified atom stereocenters. The van der Waals surface area contributed by atoms with Gasteiger partial charge in [0.05, 0.1) is 23.3 Å². The van der Waals surface area contributed by atoms with Crippen LogP contribution in [0.2, 0.25) is 5.02 Å². The molecule has 0 saturated carbocycles. The first kappa shape index (κ1) is 20.3. The highest BCUT2D eigenvalue weighted by Gasteiger charge is 2.41. The van der Waals surface area contributed by atoms with E-state index in [0.29, 0.717) is 38.3 Å². The van der Waals surface area contributed by atoms with E-state index in [1.807, 2.05) is 42.5 Å². The van der Waals surface area contributed by atoms with Crippen LogP contribution in [0.25, 0.3) is 5.57 Å². The summed E-state index contributed by atoms with van der Waals surface area (Å²) in [6.45, 7) is 0. The summed E-state index contributed by atoms with van der Waals surface area (Å²) in [5, 5.41) is 0.456. The zero-order chi connectivity index (χ0) is 21.1. The van der Waals surface area contributed by atoms with Crippen LogP contribution < -0.4 is 9.64 Å². The maximum absolute atomic E-state index is 13.5. The van der Waals surface area contributed by atoms with Crippen LogP contribution in [0, 0.1) is 0 Å². The number of carbonyl (C=O) groups is 2. The van der Waals surface area contributed by atoms with Crippen molar-refractivity contribution in [1.29, 1.82) is 0 Å². The molecule has 0 spiro atoms. The minimum absolute atomic E-state index is 0.346. The van der Waals surface area contributed by atoms with Crippen molar-refractivity contribution in [3.63, 3.8) is 0 Å². The number of imide groups is 1. The molecule has 150 valence electrons. The SMILES string of the molecule is COc1ccccc1C1=C(SCc2ccccc2)C(=O)N(c2cccc(Cl)c2)C1=O. The van der Waals surface area contributed by atoms with Gasteiger partial charge >= 0.3 is 0 Å². The van der Waals surface area contributed by atoms with E-state index in [1.54, 1.807) is 43.5 Å². The Hall–Kier alpha value is -3.02. The lowest BCUT2D eigenvalue weighted by Gasteiger charge is -2.15. The van der Waals surface area contributed by atoms with Crippen LogP contribution in [0.5, 0.6) is 5.75 Å². The summed E-state index contributed by atoms with van der Waals surface area (Å²) in [4.78, 5) is 28.4. The van der Waals surface area contributed by atoms with Gasteiger partial charge in [-0.25, -0.2) is 4.90 Å². The number of ether oxygens (including phenoxy) is 1. The Morgan fingerprint density at radius 1 is 0.900 bits per heavy atom. The van der Waals surface area contributed by atoms with E-state index >= 15 is 0 Å². The van der Waals surface area contributed by atoms with Crippen molar-refractivity contribution in [2.24, 2.45) is 0 Å². The van der Waals surface area contributed by atoms with Crippen LogP contribution in [0.1, 0.15) is 11.1 Å². The third-order valence-corrected chi connectivity index (χ3v) is 6.09. The normalized spacial score (nSPS) is 13.9. The standard InChI is InChI=1S/C24H18ClNO3S/c1-29-20-13-6-5-12-19(20)21-22(30-15-16-8-3-2-4-9-16)24(28)26(23(21)27)18-11-7-10-17(25)14-18/h2-14H,15H2,1H3. The summed E-state index contributed by atoms with van der Waals surface area (Å²) >= 11 is 7.46. The quantitative estimate of drug-likeness (QED) is 0.475. The fourth-order valence-corrected chi connectivity index (χ4v) is 4.56. The topological polar surface area (TPSA) is 46.6 Å². The maximum Gasteiger partial charge on any atom is 0.272 e. The van der Waals surface area contributed by atoms with E-state index in [-0.39, 0.29) is 11.8 Å². The van der Waals surface area contributed by atoms with Crippen molar-refractivity contribution < 1.29 is 14.3 Å². The highest BCUT2D eigenvalue weighted by atomic mass is 35.5. The second kappa shape index (κ2) is 8.78. The number of amides is 2. The summed E-state index contributed by atoms with van der Waals surface area (Å²) in [7, 11) is 1.55. The van der Waals surface area contributed by atoms with E-state index in [2.05, 4.69) is 0 Å². The molecule has 0 radical (unpaired) electrons. The average Bonchev–Trinajstić information content (AvgIpc) is 3.02. The molecular formula is C24H18ClNO3S. The molecule has 1 aliphatic heterocycles. The molecule has 2 amide bonds. The number of thioether (sulfide) groups is 1. The second-order valence-corrected chi connectivity index (χ2v) is 8.03. The molecule has 0 aromatic heterocycles. The van der Waals surface area contributed by atoms with Crippen molar-refractivity contribution >= 4 is 46.4 Å². The molecule has 0 bridgehead atoms. The molecule has 1 aliphatic rings. The van der Waals surface area contributed by atoms with Gasteiger partial charge in [0.25, 0.3) is 11.8 Å². The first-order valence-electron chi connectivity index (χ1n) is 9.29. The monoisotopic (exact) mass is 435 g/mol. The van der Waals surface area contributed by atoms with Gasteiger partial charge in [-0.15, -0.1) is 11.8 Å². The van der Waals surface area contributed by atoms with Gasteiger partial charge in [-0.1, -0.05) is 66.2 Å². The lowest BCUT2D eigenvalue weighted by Crippen LogP contribution is -2.31. The third kappa shape index (κ3) is 3.86. The molecule has 3 aromatic rings. The molecule has 4 nitrogen and oxygen atoms in total. The minimum atomic E-state index is -0.387. The molecule has 0 fully saturated rings. The van der Waals surface area contributed by atoms with E-state index in [0.717, 1.165) is 5.56 Å². The van der Waals surface area contributed by atoms with Crippen molar-refractivity contribution in [2.45, 2.75) is 5.75 Å². The Kier molecular flexibility index (Phi) is 5.93. The second-order valence-electron chi connectivity index (χ2n) is 6.60. The highest BCUT2D eigenvalue weighted by molar-refractivity contribution is 8.03. The van der Waals surface area contributed by atoms with Gasteiger partial charge in [-0.2, -0.15) is 0 Å². The Bertz CT molecular complexity index is 1140. The fraction of sp³-hybridized carbons (Fsp3) is 0.0833. The first-order valence-corrected chi connectivity index (χ1v) is 10.6. The van der Waals surface area contributed by atoms with Gasteiger partial charge in [0, 0.05) is 16.3 Å². The number of benzene rings is 3. The lowest BCUT2D eigenvalue weighted by atomic mass is 10.0. The Labute approximate surface area is 184 Å². The molecule has 1 heterocycles. The number of hydrogen-bond acceptors (Lipinski definition) is 4. The predicted octanol–water partition coefficient (Wildman–Crippen LogP) is 5.57. The van der Waals surface area contributed by atoms with E-state index in [1.165, 1.54) is 16.7 Å². The number of hydrogen-bond donors (Lipinski definition) is 0. The zero-order valence-corrected chi connectivity index (χ0v) is 17.7. The van der Waals surface area contributed by atoms with Crippen molar-refractivity contribution in [3.8, 4) is 5.75 Å². The number of rotatable bonds is 6. The number of carbonyl (C=O) groups excluding carboxylic acids is 2. The molecule has 6 heteroatoms. The molecule has 0 aliphatic carbocycles. The number of anilines is 1. The molecule has 0 N–H and O–H groups in total. The van der Waals surface area contributed by atoms with Crippen molar-refractivity contribution in [3.05, 3.63) is 99.9 Å². The number of para-hydroxylation sites is 1. The van der Waals surface area contributed by atoms with Gasteiger partial charge in [0.15, 0.2) is 0 Å². The van der Waals surface area contributed by atoms with Gasteiger partial charge in [0.2, 0.25) is 0 Å². The van der Waals surface area contributed by atoms with Crippen LogP contribution in [-0.2, 0) is 15.3 Å². The molecule has 4 rings (SSSR count). The fourth-order valence-electron chi connectivity index (χ4n) is 3.31. The average molecular weight is 436 g/mol. The van der Waals surface area contributed by atoms with Crippen LogP contribution in [0.15, 0.2) is 83.8 Å². The van der Waals surface area contributed by atoms with E-state index in [9.17, 15) is 9.59 Å². The Morgan fingerprint density at radius 3 is 2.37 bits per heavy atom. The summed E-state index contributed by atoms with van der Waals surface area (Å²) in [5.41, 5.74) is 2.45. The van der Waals surface area contributed by atoms with Gasteiger partial charge in [0.1, 0.15) is 5.75 Å². The summed E-state index contributed by atoms with van der Waals surface area (Å²) in [6, 6.07) is 23.8.